The van der Waals surface area contributed by atoms with Crippen LogP contribution in [0.15, 0.2) is 18.2 Å². The first-order valence-corrected chi connectivity index (χ1v) is 5.76. The van der Waals surface area contributed by atoms with E-state index in [4.69, 9.17) is 0 Å². The minimum absolute atomic E-state index is 0.243. The molecule has 1 atom stereocenters. The van der Waals surface area contributed by atoms with Crippen molar-refractivity contribution in [1.82, 2.24) is 0 Å². The van der Waals surface area contributed by atoms with Gasteiger partial charge in [-0.25, -0.2) is 0 Å². The van der Waals surface area contributed by atoms with E-state index in [9.17, 15) is 5.11 Å². The highest BCUT2D eigenvalue weighted by atomic mass is 16.3. The Kier molecular flexibility index (Phi) is 2.96. The smallest absolute Gasteiger partial charge is 0.0552 e. The van der Waals surface area contributed by atoms with Crippen LogP contribution in [0.1, 0.15) is 25.0 Å². The number of benzene rings is 1. The van der Waals surface area contributed by atoms with E-state index in [1.807, 2.05) is 6.92 Å². The molecular weight excluding hydrogens is 186 g/mol. The lowest BCUT2D eigenvalue weighted by atomic mass is 10.00. The third-order valence-electron chi connectivity index (χ3n) is 3.12. The van der Waals surface area contributed by atoms with E-state index in [1.165, 1.54) is 16.8 Å². The molecule has 0 bridgehead atoms. The summed E-state index contributed by atoms with van der Waals surface area (Å²) in [7, 11) is 0. The molecule has 0 aliphatic carbocycles. The van der Waals surface area contributed by atoms with E-state index in [0.29, 0.717) is 0 Å². The fraction of sp³-hybridized carbons (Fsp3) is 0.538. The Morgan fingerprint density at radius 3 is 2.93 bits per heavy atom. The molecule has 2 heteroatoms. The zero-order valence-corrected chi connectivity index (χ0v) is 9.53. The topological polar surface area (TPSA) is 23.5 Å². The van der Waals surface area contributed by atoms with E-state index in [1.54, 1.807) is 0 Å². The fourth-order valence-electron chi connectivity index (χ4n) is 2.41. The van der Waals surface area contributed by atoms with Crippen molar-refractivity contribution >= 4 is 5.69 Å². The van der Waals surface area contributed by atoms with Gasteiger partial charge < -0.3 is 10.0 Å². The van der Waals surface area contributed by atoms with E-state index < -0.39 is 0 Å². The number of aliphatic hydroxyl groups is 1. The van der Waals surface area contributed by atoms with Crippen molar-refractivity contribution in [3.8, 4) is 0 Å². The van der Waals surface area contributed by atoms with Gasteiger partial charge in [-0.1, -0.05) is 12.1 Å². The van der Waals surface area contributed by atoms with E-state index in [0.717, 1.165) is 25.9 Å². The van der Waals surface area contributed by atoms with Crippen molar-refractivity contribution < 1.29 is 5.11 Å². The molecule has 1 aromatic rings. The van der Waals surface area contributed by atoms with Crippen LogP contribution in [-0.4, -0.2) is 24.3 Å². The number of fused-ring (bicyclic) bond motifs is 1. The van der Waals surface area contributed by atoms with Crippen molar-refractivity contribution in [2.24, 2.45) is 0 Å². The molecule has 2 rings (SSSR count). The first kappa shape index (κ1) is 10.5. The van der Waals surface area contributed by atoms with Crippen LogP contribution in [0.5, 0.6) is 0 Å². The molecule has 0 saturated carbocycles. The van der Waals surface area contributed by atoms with Crippen molar-refractivity contribution in [3.63, 3.8) is 0 Å². The normalized spacial score (nSPS) is 16.6. The van der Waals surface area contributed by atoms with Crippen LogP contribution < -0.4 is 4.90 Å². The molecule has 0 fully saturated rings. The first-order chi connectivity index (χ1) is 7.22. The molecule has 0 spiro atoms. The van der Waals surface area contributed by atoms with Crippen molar-refractivity contribution in [1.29, 1.82) is 0 Å². The van der Waals surface area contributed by atoms with E-state index >= 15 is 0 Å². The maximum Gasteiger partial charge on any atom is 0.0552 e. The van der Waals surface area contributed by atoms with Gasteiger partial charge in [-0.15, -0.1) is 0 Å². The number of aliphatic hydroxyl groups excluding tert-OH is 1. The number of hydrogen-bond acceptors (Lipinski definition) is 2. The highest BCUT2D eigenvalue weighted by molar-refractivity contribution is 5.60. The molecule has 1 aromatic carbocycles. The lowest BCUT2D eigenvalue weighted by Crippen LogP contribution is -2.18. The maximum absolute atomic E-state index is 9.45. The van der Waals surface area contributed by atoms with Gasteiger partial charge in [0.1, 0.15) is 0 Å². The van der Waals surface area contributed by atoms with E-state index in [-0.39, 0.29) is 6.10 Å². The number of rotatable bonds is 3. The number of anilines is 1. The van der Waals surface area contributed by atoms with Crippen LogP contribution in [0.3, 0.4) is 0 Å². The molecule has 0 amide bonds. The zero-order chi connectivity index (χ0) is 10.8. The average Bonchev–Trinajstić information content (AvgIpc) is 2.61. The van der Waals surface area contributed by atoms with Gasteiger partial charge in [0, 0.05) is 18.8 Å². The SMILES string of the molecule is CCN1CCc2c(CC(C)O)cccc21. The molecule has 0 saturated heterocycles. The zero-order valence-electron chi connectivity index (χ0n) is 9.53. The number of nitrogens with zero attached hydrogens (tertiary/aromatic N) is 1. The Morgan fingerprint density at radius 2 is 2.27 bits per heavy atom. The van der Waals surface area contributed by atoms with Crippen molar-refractivity contribution in [2.45, 2.75) is 32.8 Å². The summed E-state index contributed by atoms with van der Waals surface area (Å²) in [6.07, 6.45) is 1.67. The molecule has 1 aliphatic heterocycles. The minimum Gasteiger partial charge on any atom is -0.393 e. The Morgan fingerprint density at radius 1 is 1.47 bits per heavy atom. The minimum atomic E-state index is -0.243. The number of likely N-dealkylation sites (N-methyl/N-ethyl adjacent to an activating group) is 1. The van der Waals surface area contributed by atoms with Crippen LogP contribution in [0.2, 0.25) is 0 Å². The molecule has 82 valence electrons. The molecule has 15 heavy (non-hydrogen) atoms. The van der Waals surface area contributed by atoms with Gasteiger partial charge in [0.05, 0.1) is 6.10 Å². The third kappa shape index (κ3) is 2.00. The summed E-state index contributed by atoms with van der Waals surface area (Å²) >= 11 is 0. The van der Waals surface area contributed by atoms with Crippen molar-refractivity contribution in [2.75, 3.05) is 18.0 Å². The highest BCUT2D eigenvalue weighted by Crippen LogP contribution is 2.30. The second kappa shape index (κ2) is 4.23. The fourth-order valence-corrected chi connectivity index (χ4v) is 2.41. The van der Waals surface area contributed by atoms with Gasteiger partial charge in [-0.3, -0.25) is 0 Å². The van der Waals surface area contributed by atoms with Crippen LogP contribution in [-0.2, 0) is 12.8 Å². The molecule has 0 aromatic heterocycles. The summed E-state index contributed by atoms with van der Waals surface area (Å²) in [4.78, 5) is 2.40. The second-order valence-corrected chi connectivity index (χ2v) is 4.30. The van der Waals surface area contributed by atoms with Gasteiger partial charge in [0.25, 0.3) is 0 Å². The summed E-state index contributed by atoms with van der Waals surface area (Å²) in [5, 5.41) is 9.45. The van der Waals surface area contributed by atoms with Crippen LogP contribution in [0, 0.1) is 0 Å². The van der Waals surface area contributed by atoms with Gasteiger partial charge in [-0.05, 0) is 43.9 Å². The summed E-state index contributed by atoms with van der Waals surface area (Å²) in [5.74, 6) is 0. The van der Waals surface area contributed by atoms with Crippen LogP contribution in [0.4, 0.5) is 5.69 Å². The summed E-state index contributed by atoms with van der Waals surface area (Å²) < 4.78 is 0. The maximum atomic E-state index is 9.45. The van der Waals surface area contributed by atoms with Crippen LogP contribution in [0.25, 0.3) is 0 Å². The standard InChI is InChI=1S/C13H19NO/c1-3-14-8-7-12-11(9-10(2)15)5-4-6-13(12)14/h4-6,10,15H,3,7-9H2,1-2H3. The monoisotopic (exact) mass is 205 g/mol. The predicted octanol–water partition coefficient (Wildman–Crippen LogP) is 1.99. The Bertz CT molecular complexity index is 346. The Labute approximate surface area is 91.5 Å². The lowest BCUT2D eigenvalue weighted by Gasteiger charge is -2.17. The largest absolute Gasteiger partial charge is 0.393 e. The molecule has 2 nitrogen and oxygen atoms in total. The van der Waals surface area contributed by atoms with Crippen molar-refractivity contribution in [3.05, 3.63) is 29.3 Å². The quantitative estimate of drug-likeness (QED) is 0.815. The van der Waals surface area contributed by atoms with E-state index in [2.05, 4.69) is 30.0 Å². The molecule has 1 heterocycles. The average molecular weight is 205 g/mol. The molecule has 1 aliphatic rings. The summed E-state index contributed by atoms with van der Waals surface area (Å²) in [5.41, 5.74) is 4.13. The molecule has 1 unspecified atom stereocenters. The van der Waals surface area contributed by atoms with Gasteiger partial charge >= 0.3 is 0 Å². The van der Waals surface area contributed by atoms with Gasteiger partial charge in [0.15, 0.2) is 0 Å². The summed E-state index contributed by atoms with van der Waals surface area (Å²) in [6, 6.07) is 6.44. The second-order valence-electron chi connectivity index (χ2n) is 4.30. The lowest BCUT2D eigenvalue weighted by molar-refractivity contribution is 0.195. The Balaban J connectivity index is 2.31. The van der Waals surface area contributed by atoms with Crippen LogP contribution >= 0.6 is 0 Å². The molecule has 1 N–H and O–H groups in total. The predicted molar refractivity (Wildman–Crippen MR) is 63.4 cm³/mol. The highest BCUT2D eigenvalue weighted by Gasteiger charge is 2.20. The van der Waals surface area contributed by atoms with Gasteiger partial charge in [-0.2, -0.15) is 0 Å². The third-order valence-corrected chi connectivity index (χ3v) is 3.12. The van der Waals surface area contributed by atoms with Gasteiger partial charge in [0.2, 0.25) is 0 Å². The molecule has 0 radical (unpaired) electrons. The number of hydrogen-bond donors (Lipinski definition) is 1. The summed E-state index contributed by atoms with van der Waals surface area (Å²) in [6.45, 7) is 6.25. The molecular formula is C13H19NO. The Hall–Kier alpha value is -1.02. The first-order valence-electron chi connectivity index (χ1n) is 5.76.